The van der Waals surface area contributed by atoms with Crippen molar-refractivity contribution in [3.8, 4) is 0 Å². The van der Waals surface area contributed by atoms with Crippen LogP contribution >= 0.6 is 0 Å². The number of hydrogen-bond acceptors (Lipinski definition) is 4. The number of ketones is 2. The number of hydrogen-bond donors (Lipinski definition) is 0. The Morgan fingerprint density at radius 1 is 1.04 bits per heavy atom. The third-order valence-corrected chi connectivity index (χ3v) is 3.80. The fourth-order valence-corrected chi connectivity index (χ4v) is 2.38. The van der Waals surface area contributed by atoms with Crippen LogP contribution in [0.3, 0.4) is 0 Å². The molecular formula is C19H26O4. The number of carbonyl (C=O) groups excluding carboxylic acids is 3. The molecule has 0 spiro atoms. The Morgan fingerprint density at radius 2 is 1.70 bits per heavy atom. The number of unbranched alkanes of at least 4 members (excludes halogenated alkanes) is 2. The summed E-state index contributed by atoms with van der Waals surface area (Å²) in [5.74, 6) is -2.18. The lowest BCUT2D eigenvalue weighted by molar-refractivity contribution is -0.151. The highest BCUT2D eigenvalue weighted by Crippen LogP contribution is 2.15. The highest BCUT2D eigenvalue weighted by atomic mass is 16.5. The molecule has 1 atom stereocenters. The lowest BCUT2D eigenvalue weighted by atomic mass is 9.94. The van der Waals surface area contributed by atoms with Crippen LogP contribution in [0.15, 0.2) is 24.3 Å². The SMILES string of the molecule is CCCCCc1ccc(C(=O)CC(C(C)=O)C(=O)OCC)cc1. The Labute approximate surface area is 138 Å². The van der Waals surface area contributed by atoms with Crippen molar-refractivity contribution in [1.82, 2.24) is 0 Å². The van der Waals surface area contributed by atoms with E-state index in [1.54, 1.807) is 19.1 Å². The molecule has 4 heteroatoms. The molecule has 1 rings (SSSR count). The molecule has 0 aliphatic carbocycles. The van der Waals surface area contributed by atoms with E-state index >= 15 is 0 Å². The van der Waals surface area contributed by atoms with Crippen LogP contribution in [0.4, 0.5) is 0 Å². The van der Waals surface area contributed by atoms with Gasteiger partial charge in [0.25, 0.3) is 0 Å². The smallest absolute Gasteiger partial charge is 0.316 e. The van der Waals surface area contributed by atoms with Crippen molar-refractivity contribution in [2.75, 3.05) is 6.61 Å². The average molecular weight is 318 g/mol. The molecule has 126 valence electrons. The molecular weight excluding hydrogens is 292 g/mol. The number of benzene rings is 1. The predicted molar refractivity (Wildman–Crippen MR) is 89.4 cm³/mol. The van der Waals surface area contributed by atoms with E-state index < -0.39 is 11.9 Å². The van der Waals surface area contributed by atoms with Crippen molar-refractivity contribution < 1.29 is 19.1 Å². The number of ether oxygens (including phenoxy) is 1. The molecule has 0 heterocycles. The Bertz CT molecular complexity index is 531. The zero-order chi connectivity index (χ0) is 17.2. The van der Waals surface area contributed by atoms with Gasteiger partial charge in [0.15, 0.2) is 5.78 Å². The molecule has 4 nitrogen and oxygen atoms in total. The molecule has 1 aromatic carbocycles. The van der Waals surface area contributed by atoms with Crippen LogP contribution in [0.1, 0.15) is 62.4 Å². The van der Waals surface area contributed by atoms with E-state index in [1.807, 2.05) is 12.1 Å². The second-order valence-corrected chi connectivity index (χ2v) is 5.70. The number of carbonyl (C=O) groups is 3. The Hall–Kier alpha value is -1.97. The van der Waals surface area contributed by atoms with Crippen LogP contribution in [0.5, 0.6) is 0 Å². The third kappa shape index (κ3) is 6.35. The van der Waals surface area contributed by atoms with Crippen LogP contribution in [-0.2, 0) is 20.7 Å². The molecule has 0 saturated carbocycles. The fraction of sp³-hybridized carbons (Fsp3) is 0.526. The molecule has 0 bridgehead atoms. The predicted octanol–water partition coefficient (Wildman–Crippen LogP) is 3.76. The quantitative estimate of drug-likeness (QED) is 0.285. The van der Waals surface area contributed by atoms with Gasteiger partial charge < -0.3 is 4.74 Å². The number of esters is 1. The summed E-state index contributed by atoms with van der Waals surface area (Å²) in [6.45, 7) is 5.35. The molecule has 23 heavy (non-hydrogen) atoms. The van der Waals surface area contributed by atoms with E-state index in [9.17, 15) is 14.4 Å². The largest absolute Gasteiger partial charge is 0.465 e. The summed E-state index contributed by atoms with van der Waals surface area (Å²) in [6, 6.07) is 7.42. The first-order valence-electron chi connectivity index (χ1n) is 8.28. The zero-order valence-electron chi connectivity index (χ0n) is 14.3. The van der Waals surface area contributed by atoms with E-state index in [4.69, 9.17) is 4.74 Å². The minimum absolute atomic E-state index is 0.136. The Morgan fingerprint density at radius 3 is 2.22 bits per heavy atom. The van der Waals surface area contributed by atoms with Gasteiger partial charge in [-0.15, -0.1) is 0 Å². The van der Waals surface area contributed by atoms with Crippen LogP contribution in [0.2, 0.25) is 0 Å². The van der Waals surface area contributed by atoms with Gasteiger partial charge in [-0.1, -0.05) is 44.0 Å². The molecule has 1 unspecified atom stereocenters. The van der Waals surface area contributed by atoms with Gasteiger partial charge >= 0.3 is 5.97 Å². The van der Waals surface area contributed by atoms with E-state index in [-0.39, 0.29) is 24.6 Å². The maximum Gasteiger partial charge on any atom is 0.316 e. The maximum atomic E-state index is 12.3. The van der Waals surface area contributed by atoms with E-state index in [0.717, 1.165) is 12.8 Å². The van der Waals surface area contributed by atoms with Gasteiger partial charge in [0.05, 0.1) is 6.61 Å². The average Bonchev–Trinajstić information content (AvgIpc) is 2.53. The highest BCUT2D eigenvalue weighted by Gasteiger charge is 2.27. The first-order valence-corrected chi connectivity index (χ1v) is 8.28. The minimum atomic E-state index is -1.01. The fourth-order valence-electron chi connectivity index (χ4n) is 2.38. The first-order chi connectivity index (χ1) is 11.0. The monoisotopic (exact) mass is 318 g/mol. The minimum Gasteiger partial charge on any atom is -0.465 e. The molecule has 0 saturated heterocycles. The van der Waals surface area contributed by atoms with E-state index in [0.29, 0.717) is 5.56 Å². The summed E-state index contributed by atoms with van der Waals surface area (Å²) >= 11 is 0. The van der Waals surface area contributed by atoms with E-state index in [1.165, 1.54) is 25.3 Å². The van der Waals surface area contributed by atoms with Gasteiger partial charge in [0, 0.05) is 12.0 Å². The molecule has 0 aliphatic rings. The summed E-state index contributed by atoms with van der Waals surface area (Å²) in [7, 11) is 0. The maximum absolute atomic E-state index is 12.3. The summed E-state index contributed by atoms with van der Waals surface area (Å²) in [5, 5.41) is 0. The lowest BCUT2D eigenvalue weighted by Gasteiger charge is -2.12. The zero-order valence-corrected chi connectivity index (χ0v) is 14.3. The van der Waals surface area contributed by atoms with Crippen molar-refractivity contribution >= 4 is 17.5 Å². The second-order valence-electron chi connectivity index (χ2n) is 5.70. The van der Waals surface area contributed by atoms with Gasteiger partial charge in [0.1, 0.15) is 11.7 Å². The topological polar surface area (TPSA) is 60.4 Å². The molecule has 0 aromatic heterocycles. The highest BCUT2D eigenvalue weighted by molar-refractivity contribution is 6.05. The first kappa shape index (κ1) is 19.1. The van der Waals surface area contributed by atoms with Gasteiger partial charge in [-0.25, -0.2) is 0 Å². The van der Waals surface area contributed by atoms with Crippen molar-refractivity contribution in [2.24, 2.45) is 5.92 Å². The second kappa shape index (κ2) is 9.93. The van der Waals surface area contributed by atoms with Crippen molar-refractivity contribution in [2.45, 2.75) is 52.9 Å². The van der Waals surface area contributed by atoms with Gasteiger partial charge in [0.2, 0.25) is 0 Å². The van der Waals surface area contributed by atoms with Gasteiger partial charge in [-0.3, -0.25) is 14.4 Å². The van der Waals surface area contributed by atoms with Crippen LogP contribution in [-0.4, -0.2) is 24.1 Å². The number of rotatable bonds is 10. The molecule has 0 N–H and O–H groups in total. The molecule has 1 aromatic rings. The Kier molecular flexibility index (Phi) is 8.23. The number of Topliss-reactive ketones (excluding diaryl/α,β-unsaturated/α-hetero) is 2. The standard InChI is InChI=1S/C19H26O4/c1-4-6-7-8-15-9-11-16(12-10-15)18(21)13-17(14(3)20)19(22)23-5-2/h9-12,17H,4-8,13H2,1-3H3. The third-order valence-electron chi connectivity index (χ3n) is 3.80. The Balaban J connectivity index is 2.68. The summed E-state index contributed by atoms with van der Waals surface area (Å²) in [6.07, 6.45) is 4.38. The van der Waals surface area contributed by atoms with Crippen LogP contribution in [0.25, 0.3) is 0 Å². The van der Waals surface area contributed by atoms with Crippen LogP contribution in [0, 0.1) is 5.92 Å². The van der Waals surface area contributed by atoms with Gasteiger partial charge in [-0.05, 0) is 32.3 Å². The van der Waals surface area contributed by atoms with Gasteiger partial charge in [-0.2, -0.15) is 0 Å². The van der Waals surface area contributed by atoms with Crippen LogP contribution < -0.4 is 0 Å². The van der Waals surface area contributed by atoms with Crippen molar-refractivity contribution in [3.63, 3.8) is 0 Å². The van der Waals surface area contributed by atoms with Crippen molar-refractivity contribution in [3.05, 3.63) is 35.4 Å². The summed E-state index contributed by atoms with van der Waals surface area (Å²) in [5.41, 5.74) is 1.73. The van der Waals surface area contributed by atoms with E-state index in [2.05, 4.69) is 6.92 Å². The number of aryl methyl sites for hydroxylation is 1. The summed E-state index contributed by atoms with van der Waals surface area (Å²) in [4.78, 5) is 35.6. The molecule has 0 radical (unpaired) electrons. The summed E-state index contributed by atoms with van der Waals surface area (Å²) < 4.78 is 4.86. The van der Waals surface area contributed by atoms with Crippen molar-refractivity contribution in [1.29, 1.82) is 0 Å². The molecule has 0 aliphatic heterocycles. The molecule has 0 fully saturated rings. The molecule has 0 amide bonds. The lowest BCUT2D eigenvalue weighted by Crippen LogP contribution is -2.27. The normalized spacial score (nSPS) is 11.8.